The molecule has 2 aromatic heterocycles. The molecule has 0 bridgehead atoms. The highest BCUT2D eigenvalue weighted by molar-refractivity contribution is 5.95. The van der Waals surface area contributed by atoms with Gasteiger partial charge in [0, 0.05) is 17.0 Å². The largest absolute Gasteiger partial charge is 0.453 e. The van der Waals surface area contributed by atoms with Crippen LogP contribution in [0.15, 0.2) is 69.6 Å². The van der Waals surface area contributed by atoms with Crippen LogP contribution in [0.25, 0.3) is 22.5 Å². The first kappa shape index (κ1) is 15.2. The van der Waals surface area contributed by atoms with Crippen molar-refractivity contribution in [2.75, 3.05) is 0 Å². The van der Waals surface area contributed by atoms with E-state index in [4.69, 9.17) is 8.94 Å². The fourth-order valence-electron chi connectivity index (χ4n) is 2.71. The number of aromatic nitrogens is 1. The molecule has 0 unspecified atom stereocenters. The lowest BCUT2D eigenvalue weighted by Crippen LogP contribution is -2.23. The van der Waals surface area contributed by atoms with E-state index in [0.29, 0.717) is 22.8 Å². The topological polar surface area (TPSA) is 68.3 Å². The maximum Gasteiger partial charge on any atom is 0.251 e. The van der Waals surface area contributed by atoms with Gasteiger partial charge in [0.15, 0.2) is 5.76 Å². The molecule has 1 N–H and O–H groups in total. The van der Waals surface area contributed by atoms with E-state index >= 15 is 0 Å². The third-order valence-electron chi connectivity index (χ3n) is 4.05. The number of hydrogen-bond acceptors (Lipinski definition) is 4. The lowest BCUT2D eigenvalue weighted by Gasteiger charge is -2.05. The molecule has 0 saturated carbocycles. The van der Waals surface area contributed by atoms with Gasteiger partial charge in [-0.1, -0.05) is 41.6 Å². The third kappa shape index (κ3) is 3.04. The molecule has 124 valence electrons. The van der Waals surface area contributed by atoms with Crippen molar-refractivity contribution in [1.82, 2.24) is 10.5 Å². The molecule has 0 atom stereocenters. The number of carbonyl (C=O) groups is 1. The zero-order chi connectivity index (χ0) is 17.2. The molecule has 0 spiro atoms. The number of benzene rings is 2. The molecule has 1 amide bonds. The van der Waals surface area contributed by atoms with Gasteiger partial charge in [0.25, 0.3) is 5.91 Å². The van der Waals surface area contributed by atoms with Crippen molar-refractivity contribution in [3.05, 3.63) is 77.5 Å². The van der Waals surface area contributed by atoms with Gasteiger partial charge in [-0.2, -0.15) is 0 Å². The predicted molar refractivity (Wildman–Crippen MR) is 94.1 cm³/mol. The zero-order valence-corrected chi connectivity index (χ0v) is 13.7. The van der Waals surface area contributed by atoms with Gasteiger partial charge in [0.2, 0.25) is 5.76 Å². The molecule has 2 aromatic carbocycles. The Balaban J connectivity index is 1.48. The molecule has 0 aliphatic carbocycles. The summed E-state index contributed by atoms with van der Waals surface area (Å²) in [6.45, 7) is 2.20. The van der Waals surface area contributed by atoms with Gasteiger partial charge in [0.05, 0.1) is 6.54 Å². The number of nitrogens with zero attached hydrogens (tertiary/aromatic N) is 1. The maximum atomic E-state index is 12.2. The molecule has 0 aliphatic heterocycles. The van der Waals surface area contributed by atoms with E-state index < -0.39 is 0 Å². The van der Waals surface area contributed by atoms with E-state index in [2.05, 4.69) is 10.5 Å². The smallest absolute Gasteiger partial charge is 0.251 e. The minimum absolute atomic E-state index is 0.133. The number of nitrogens with one attached hydrogen (secondary N) is 1. The Morgan fingerprint density at radius 3 is 2.68 bits per heavy atom. The molecule has 4 aromatic rings. The van der Waals surface area contributed by atoms with Gasteiger partial charge in [-0.25, -0.2) is 0 Å². The van der Waals surface area contributed by atoms with Crippen LogP contribution >= 0.6 is 0 Å². The molecule has 5 heteroatoms. The first-order chi connectivity index (χ1) is 12.2. The summed E-state index contributed by atoms with van der Waals surface area (Å²) >= 11 is 0. The average Bonchev–Trinajstić information content (AvgIpc) is 3.26. The van der Waals surface area contributed by atoms with Gasteiger partial charge in [0.1, 0.15) is 11.3 Å². The lowest BCUT2D eigenvalue weighted by molar-refractivity contribution is 0.0949. The molecule has 0 radical (unpaired) electrons. The summed E-state index contributed by atoms with van der Waals surface area (Å²) in [5.74, 6) is 1.02. The number of amides is 1. The van der Waals surface area contributed by atoms with Gasteiger partial charge >= 0.3 is 0 Å². The van der Waals surface area contributed by atoms with Crippen LogP contribution in [0.5, 0.6) is 0 Å². The zero-order valence-electron chi connectivity index (χ0n) is 13.7. The summed E-state index contributed by atoms with van der Waals surface area (Å²) in [6, 6.07) is 18.9. The van der Waals surface area contributed by atoms with Crippen LogP contribution in [-0.4, -0.2) is 11.1 Å². The van der Waals surface area contributed by atoms with Gasteiger partial charge in [-0.3, -0.25) is 4.79 Å². The molecule has 0 saturated heterocycles. The second kappa shape index (κ2) is 6.28. The number of aryl methyl sites for hydroxylation is 1. The van der Waals surface area contributed by atoms with E-state index in [1.807, 2.05) is 55.5 Å². The van der Waals surface area contributed by atoms with E-state index in [0.717, 1.165) is 16.5 Å². The van der Waals surface area contributed by atoms with Crippen LogP contribution in [0, 0.1) is 6.92 Å². The number of rotatable bonds is 4. The number of para-hydroxylation sites is 1. The summed E-state index contributed by atoms with van der Waals surface area (Å²) in [6.07, 6.45) is 0. The first-order valence-corrected chi connectivity index (χ1v) is 7.99. The molecule has 25 heavy (non-hydrogen) atoms. The van der Waals surface area contributed by atoms with Crippen molar-refractivity contribution >= 4 is 16.9 Å². The number of carbonyl (C=O) groups excluding carboxylic acids is 1. The number of furan rings is 1. The fraction of sp³-hybridized carbons (Fsp3) is 0.100. The van der Waals surface area contributed by atoms with Crippen LogP contribution in [0.3, 0.4) is 0 Å². The Bertz CT molecular complexity index is 1010. The van der Waals surface area contributed by atoms with Crippen LogP contribution in [0.4, 0.5) is 0 Å². The fourth-order valence-corrected chi connectivity index (χ4v) is 2.71. The maximum absolute atomic E-state index is 12.2. The van der Waals surface area contributed by atoms with Crippen LogP contribution < -0.4 is 5.32 Å². The first-order valence-electron chi connectivity index (χ1n) is 7.99. The van der Waals surface area contributed by atoms with E-state index in [9.17, 15) is 4.79 Å². The predicted octanol–water partition coefficient (Wildman–Crippen LogP) is 4.33. The van der Waals surface area contributed by atoms with Crippen molar-refractivity contribution in [2.24, 2.45) is 0 Å². The Kier molecular flexibility index (Phi) is 3.82. The molecular weight excluding hydrogens is 316 g/mol. The van der Waals surface area contributed by atoms with Crippen molar-refractivity contribution in [1.29, 1.82) is 0 Å². The molecule has 5 nitrogen and oxygen atoms in total. The van der Waals surface area contributed by atoms with Gasteiger partial charge in [-0.05, 0) is 30.7 Å². The summed E-state index contributed by atoms with van der Waals surface area (Å²) in [5.41, 5.74) is 3.02. The Hall–Kier alpha value is -3.34. The molecule has 4 rings (SSSR count). The summed E-state index contributed by atoms with van der Waals surface area (Å²) in [4.78, 5) is 12.2. The Morgan fingerprint density at radius 2 is 1.84 bits per heavy atom. The van der Waals surface area contributed by atoms with Crippen LogP contribution in [0.1, 0.15) is 21.6 Å². The van der Waals surface area contributed by atoms with Crippen molar-refractivity contribution in [2.45, 2.75) is 13.5 Å². The van der Waals surface area contributed by atoms with Crippen molar-refractivity contribution < 1.29 is 13.7 Å². The van der Waals surface area contributed by atoms with Crippen LogP contribution in [-0.2, 0) is 6.54 Å². The molecule has 0 fully saturated rings. The summed E-state index contributed by atoms with van der Waals surface area (Å²) in [5, 5.41) is 7.86. The van der Waals surface area contributed by atoms with Crippen molar-refractivity contribution in [3.8, 4) is 11.5 Å². The third-order valence-corrected chi connectivity index (χ3v) is 4.05. The van der Waals surface area contributed by atoms with E-state index in [1.165, 1.54) is 0 Å². The summed E-state index contributed by atoms with van der Waals surface area (Å²) < 4.78 is 11.1. The second-order valence-corrected chi connectivity index (χ2v) is 5.83. The standard InChI is InChI=1S/C20H16N2O3/c1-13-6-2-4-8-16(13)20(23)21-12-15-11-19(25-22-15)18-10-14-7-3-5-9-17(14)24-18/h2-11H,12H2,1H3,(H,21,23). The monoisotopic (exact) mass is 332 g/mol. The van der Waals surface area contributed by atoms with E-state index in [1.54, 1.807) is 12.1 Å². The lowest BCUT2D eigenvalue weighted by atomic mass is 10.1. The SMILES string of the molecule is Cc1ccccc1C(=O)NCc1cc(-c2cc3ccccc3o2)on1. The molecular formula is C20H16N2O3. The highest BCUT2D eigenvalue weighted by Crippen LogP contribution is 2.28. The van der Waals surface area contributed by atoms with Crippen molar-refractivity contribution in [3.63, 3.8) is 0 Å². The minimum Gasteiger partial charge on any atom is -0.453 e. The number of hydrogen-bond donors (Lipinski definition) is 1. The molecule has 2 heterocycles. The van der Waals surface area contributed by atoms with Gasteiger partial charge in [-0.15, -0.1) is 0 Å². The quantitative estimate of drug-likeness (QED) is 0.604. The average molecular weight is 332 g/mol. The molecule has 0 aliphatic rings. The van der Waals surface area contributed by atoms with E-state index in [-0.39, 0.29) is 12.5 Å². The summed E-state index contributed by atoms with van der Waals surface area (Å²) in [7, 11) is 0. The highest BCUT2D eigenvalue weighted by atomic mass is 16.5. The number of fused-ring (bicyclic) bond motifs is 1. The Morgan fingerprint density at radius 1 is 1.04 bits per heavy atom. The second-order valence-electron chi connectivity index (χ2n) is 5.83. The van der Waals surface area contributed by atoms with Gasteiger partial charge < -0.3 is 14.3 Å². The Labute approximate surface area is 144 Å². The van der Waals surface area contributed by atoms with Crippen LogP contribution in [0.2, 0.25) is 0 Å². The highest BCUT2D eigenvalue weighted by Gasteiger charge is 2.13. The minimum atomic E-state index is -0.133. The normalized spacial score (nSPS) is 10.9.